The van der Waals surface area contributed by atoms with E-state index in [0.717, 1.165) is 12.8 Å². The maximum atomic E-state index is 10.7. The Balaban J connectivity index is 3.53. The van der Waals surface area contributed by atoms with Crippen molar-refractivity contribution in [1.29, 1.82) is 0 Å². The molecule has 15 heavy (non-hydrogen) atoms. The molecule has 0 bridgehead atoms. The Kier molecular flexibility index (Phi) is 9.41. The number of unbranched alkanes of at least 4 members (excludes halogenated alkanes) is 1. The molecular formula is C13H18O2. The van der Waals surface area contributed by atoms with E-state index >= 15 is 0 Å². The third-order valence-corrected chi connectivity index (χ3v) is 1.62. The number of carbonyl (C=O) groups is 1. The maximum absolute atomic E-state index is 10.7. The minimum atomic E-state index is -0.299. The largest absolute Gasteiger partial charge is 0.466 e. The van der Waals surface area contributed by atoms with Gasteiger partial charge in [-0.05, 0) is 19.8 Å². The van der Waals surface area contributed by atoms with Gasteiger partial charge in [0.1, 0.15) is 0 Å². The molecule has 0 aromatic carbocycles. The molecule has 0 saturated carbocycles. The summed E-state index contributed by atoms with van der Waals surface area (Å²) < 4.78 is 4.46. The van der Waals surface area contributed by atoms with Gasteiger partial charge in [-0.3, -0.25) is 0 Å². The molecule has 0 atom stereocenters. The van der Waals surface area contributed by atoms with Crippen LogP contribution < -0.4 is 0 Å². The minimum Gasteiger partial charge on any atom is -0.466 e. The van der Waals surface area contributed by atoms with Gasteiger partial charge in [-0.2, -0.15) is 0 Å². The van der Waals surface area contributed by atoms with Crippen LogP contribution in [0.3, 0.4) is 0 Å². The summed E-state index contributed by atoms with van der Waals surface area (Å²) in [5.74, 6) is -0.299. The lowest BCUT2D eigenvalue weighted by Crippen LogP contribution is -1.93. The number of hydrogen-bond donors (Lipinski definition) is 0. The summed E-state index contributed by atoms with van der Waals surface area (Å²) in [6, 6.07) is 0. The number of allylic oxidation sites excluding steroid dienone is 7. The van der Waals surface area contributed by atoms with E-state index in [1.165, 1.54) is 13.2 Å². The van der Waals surface area contributed by atoms with Crippen molar-refractivity contribution in [3.8, 4) is 0 Å². The molecule has 0 fully saturated rings. The van der Waals surface area contributed by atoms with Crippen molar-refractivity contribution in [1.82, 2.24) is 0 Å². The highest BCUT2D eigenvalue weighted by atomic mass is 16.5. The predicted molar refractivity (Wildman–Crippen MR) is 63.5 cm³/mol. The van der Waals surface area contributed by atoms with Crippen LogP contribution in [-0.4, -0.2) is 13.1 Å². The molecule has 0 rings (SSSR count). The van der Waals surface area contributed by atoms with Crippen LogP contribution in [0.25, 0.3) is 0 Å². The Bertz CT molecular complexity index is 270. The second kappa shape index (κ2) is 10.5. The van der Waals surface area contributed by atoms with Crippen molar-refractivity contribution in [2.45, 2.75) is 19.8 Å². The van der Waals surface area contributed by atoms with Gasteiger partial charge >= 0.3 is 5.97 Å². The number of rotatable bonds is 6. The van der Waals surface area contributed by atoms with E-state index in [1.807, 2.05) is 43.4 Å². The Morgan fingerprint density at radius 1 is 1.07 bits per heavy atom. The van der Waals surface area contributed by atoms with E-state index in [1.54, 1.807) is 0 Å². The van der Waals surface area contributed by atoms with Crippen LogP contribution in [0.2, 0.25) is 0 Å². The van der Waals surface area contributed by atoms with E-state index in [0.29, 0.717) is 0 Å². The second-order valence-electron chi connectivity index (χ2n) is 2.84. The Morgan fingerprint density at radius 3 is 2.40 bits per heavy atom. The van der Waals surface area contributed by atoms with Gasteiger partial charge in [0.25, 0.3) is 0 Å². The van der Waals surface area contributed by atoms with Crippen LogP contribution in [0.15, 0.2) is 48.6 Å². The summed E-state index contributed by atoms with van der Waals surface area (Å²) in [4.78, 5) is 10.7. The van der Waals surface area contributed by atoms with Gasteiger partial charge in [-0.1, -0.05) is 42.5 Å². The molecule has 0 aromatic heterocycles. The highest BCUT2D eigenvalue weighted by Crippen LogP contribution is 1.94. The first-order valence-electron chi connectivity index (χ1n) is 5.00. The number of carbonyl (C=O) groups excluding carboxylic acids is 1. The van der Waals surface area contributed by atoms with E-state index < -0.39 is 0 Å². The molecule has 0 aliphatic carbocycles. The zero-order chi connectivity index (χ0) is 11.4. The summed E-state index contributed by atoms with van der Waals surface area (Å²) in [6.45, 7) is 1.98. The van der Waals surface area contributed by atoms with Crippen LogP contribution in [0.4, 0.5) is 0 Å². The summed E-state index contributed by atoms with van der Waals surface area (Å²) in [6.07, 6.45) is 17.0. The van der Waals surface area contributed by atoms with Gasteiger partial charge in [0, 0.05) is 6.08 Å². The molecule has 0 radical (unpaired) electrons. The van der Waals surface area contributed by atoms with Crippen molar-refractivity contribution in [3.05, 3.63) is 48.6 Å². The van der Waals surface area contributed by atoms with Gasteiger partial charge in [0.15, 0.2) is 0 Å². The Hall–Kier alpha value is -1.57. The summed E-state index contributed by atoms with van der Waals surface area (Å²) in [5.41, 5.74) is 0. The summed E-state index contributed by atoms with van der Waals surface area (Å²) >= 11 is 0. The number of hydrogen-bond acceptors (Lipinski definition) is 2. The van der Waals surface area contributed by atoms with Crippen molar-refractivity contribution in [3.63, 3.8) is 0 Å². The Morgan fingerprint density at radius 2 is 1.73 bits per heavy atom. The fourth-order valence-corrected chi connectivity index (χ4v) is 0.854. The van der Waals surface area contributed by atoms with Gasteiger partial charge in [-0.25, -0.2) is 4.79 Å². The van der Waals surface area contributed by atoms with E-state index in [2.05, 4.69) is 10.8 Å². The molecule has 0 aromatic rings. The maximum Gasteiger partial charge on any atom is 0.330 e. The van der Waals surface area contributed by atoms with Crippen LogP contribution in [0.1, 0.15) is 19.8 Å². The predicted octanol–water partition coefficient (Wildman–Crippen LogP) is 3.18. The summed E-state index contributed by atoms with van der Waals surface area (Å²) in [5, 5.41) is 0. The fourth-order valence-electron chi connectivity index (χ4n) is 0.854. The molecule has 0 amide bonds. The zero-order valence-corrected chi connectivity index (χ0v) is 9.35. The van der Waals surface area contributed by atoms with Gasteiger partial charge < -0.3 is 4.74 Å². The van der Waals surface area contributed by atoms with Crippen LogP contribution in [0, 0.1) is 0 Å². The number of ether oxygens (including phenoxy) is 1. The van der Waals surface area contributed by atoms with Crippen LogP contribution in [-0.2, 0) is 9.53 Å². The molecular weight excluding hydrogens is 188 g/mol. The van der Waals surface area contributed by atoms with Crippen molar-refractivity contribution in [2.24, 2.45) is 0 Å². The molecule has 2 heteroatoms. The van der Waals surface area contributed by atoms with Crippen LogP contribution in [0.5, 0.6) is 0 Å². The normalized spacial score (nSPS) is 12.4. The SMILES string of the molecule is C/C=C/C=C/C=C\CC/C=C/C(=O)OC. The van der Waals surface area contributed by atoms with Crippen molar-refractivity contribution >= 4 is 5.97 Å². The average molecular weight is 206 g/mol. The molecule has 0 saturated heterocycles. The highest BCUT2D eigenvalue weighted by Gasteiger charge is 1.87. The zero-order valence-electron chi connectivity index (χ0n) is 9.35. The van der Waals surface area contributed by atoms with E-state index in [4.69, 9.17) is 0 Å². The molecule has 0 aliphatic heterocycles. The molecule has 0 heterocycles. The van der Waals surface area contributed by atoms with Crippen molar-refractivity contribution in [2.75, 3.05) is 7.11 Å². The first-order valence-corrected chi connectivity index (χ1v) is 5.00. The van der Waals surface area contributed by atoms with E-state index in [9.17, 15) is 4.79 Å². The molecule has 0 spiro atoms. The highest BCUT2D eigenvalue weighted by molar-refractivity contribution is 5.81. The summed E-state index contributed by atoms with van der Waals surface area (Å²) in [7, 11) is 1.37. The van der Waals surface area contributed by atoms with E-state index in [-0.39, 0.29) is 5.97 Å². The lowest BCUT2D eigenvalue weighted by Gasteiger charge is -1.88. The van der Waals surface area contributed by atoms with Crippen molar-refractivity contribution < 1.29 is 9.53 Å². The second-order valence-corrected chi connectivity index (χ2v) is 2.84. The van der Waals surface area contributed by atoms with Gasteiger partial charge in [0.2, 0.25) is 0 Å². The lowest BCUT2D eigenvalue weighted by molar-refractivity contribution is -0.134. The van der Waals surface area contributed by atoms with Crippen LogP contribution >= 0.6 is 0 Å². The molecule has 0 N–H and O–H groups in total. The fraction of sp³-hybridized carbons (Fsp3) is 0.308. The van der Waals surface area contributed by atoms with Gasteiger partial charge in [0.05, 0.1) is 7.11 Å². The first-order chi connectivity index (χ1) is 7.31. The standard InChI is InChI=1S/C13H18O2/c1-3-4-5-6-7-8-9-10-11-12-13(14)15-2/h3-8,11-12H,9-10H2,1-2H3/b4-3+,6-5+,8-7-,12-11+. The third kappa shape index (κ3) is 10.4. The quantitative estimate of drug-likeness (QED) is 0.289. The topological polar surface area (TPSA) is 26.3 Å². The smallest absolute Gasteiger partial charge is 0.330 e. The average Bonchev–Trinajstić information content (AvgIpc) is 2.26. The molecule has 0 aliphatic rings. The molecule has 82 valence electrons. The molecule has 0 unspecified atom stereocenters. The van der Waals surface area contributed by atoms with Gasteiger partial charge in [-0.15, -0.1) is 0 Å². The monoisotopic (exact) mass is 206 g/mol. The number of esters is 1. The number of methoxy groups -OCH3 is 1. The third-order valence-electron chi connectivity index (χ3n) is 1.62. The first kappa shape index (κ1) is 13.4. The molecule has 2 nitrogen and oxygen atoms in total. The minimum absolute atomic E-state index is 0.299. The Labute approximate surface area is 91.6 Å². The lowest BCUT2D eigenvalue weighted by atomic mass is 10.2.